The fourth-order valence-corrected chi connectivity index (χ4v) is 3.68. The van der Waals surface area contributed by atoms with Gasteiger partial charge in [-0.3, -0.25) is 4.79 Å². The molecule has 1 heterocycles. The second-order valence-electron chi connectivity index (χ2n) is 4.71. The van der Waals surface area contributed by atoms with E-state index in [4.69, 9.17) is 23.2 Å². The first kappa shape index (κ1) is 14.4. The second kappa shape index (κ2) is 5.68. The van der Waals surface area contributed by atoms with E-state index in [1.54, 1.807) is 24.3 Å². The Morgan fingerprint density at radius 2 is 1.81 bits per heavy atom. The highest BCUT2D eigenvalue weighted by Crippen LogP contribution is 2.36. The number of amides is 1. The molecule has 0 aliphatic heterocycles. The molecule has 0 aliphatic carbocycles. The Morgan fingerprint density at radius 3 is 2.52 bits per heavy atom. The van der Waals surface area contributed by atoms with Gasteiger partial charge in [-0.2, -0.15) is 0 Å². The summed E-state index contributed by atoms with van der Waals surface area (Å²) in [6.45, 7) is 2.01. The van der Waals surface area contributed by atoms with Crippen LogP contribution in [0.2, 0.25) is 10.0 Å². The number of benzene rings is 2. The Balaban J connectivity index is 1.94. The maximum atomic E-state index is 12.4. The van der Waals surface area contributed by atoms with Gasteiger partial charge in [0.05, 0.1) is 5.02 Å². The summed E-state index contributed by atoms with van der Waals surface area (Å²) in [5.41, 5.74) is 1.83. The van der Waals surface area contributed by atoms with Gasteiger partial charge < -0.3 is 5.32 Å². The molecule has 0 fully saturated rings. The third-order valence-electron chi connectivity index (χ3n) is 3.09. The smallest absolute Gasteiger partial charge is 0.267 e. The monoisotopic (exact) mass is 335 g/mol. The van der Waals surface area contributed by atoms with Crippen LogP contribution in [0.4, 0.5) is 5.69 Å². The third kappa shape index (κ3) is 2.91. The van der Waals surface area contributed by atoms with E-state index in [-0.39, 0.29) is 5.91 Å². The Morgan fingerprint density at radius 1 is 1.10 bits per heavy atom. The van der Waals surface area contributed by atoms with E-state index >= 15 is 0 Å². The van der Waals surface area contributed by atoms with Crippen LogP contribution in [0.15, 0.2) is 42.5 Å². The van der Waals surface area contributed by atoms with Crippen LogP contribution in [0.25, 0.3) is 10.1 Å². The van der Waals surface area contributed by atoms with Crippen LogP contribution in [-0.4, -0.2) is 5.91 Å². The Labute approximate surface area is 136 Å². The van der Waals surface area contributed by atoms with Crippen LogP contribution >= 0.6 is 34.5 Å². The van der Waals surface area contributed by atoms with Crippen LogP contribution < -0.4 is 5.32 Å². The van der Waals surface area contributed by atoms with Crippen molar-refractivity contribution in [2.45, 2.75) is 6.92 Å². The summed E-state index contributed by atoms with van der Waals surface area (Å²) in [6, 6.07) is 12.9. The molecule has 2 nitrogen and oxygen atoms in total. The SMILES string of the molecule is Cc1ccc2c(Cl)c(C(=O)Nc3ccc(Cl)cc3)sc2c1. The summed E-state index contributed by atoms with van der Waals surface area (Å²) in [5, 5.41) is 4.87. The highest BCUT2D eigenvalue weighted by Gasteiger charge is 2.17. The summed E-state index contributed by atoms with van der Waals surface area (Å²) < 4.78 is 1.02. The summed E-state index contributed by atoms with van der Waals surface area (Å²) in [5.74, 6) is -0.207. The summed E-state index contributed by atoms with van der Waals surface area (Å²) in [6.07, 6.45) is 0. The van der Waals surface area contributed by atoms with Gasteiger partial charge in [0.2, 0.25) is 0 Å². The first-order valence-corrected chi connectivity index (χ1v) is 7.87. The van der Waals surface area contributed by atoms with Crippen molar-refractivity contribution in [3.05, 3.63) is 63.0 Å². The van der Waals surface area contributed by atoms with Crippen LogP contribution in [-0.2, 0) is 0 Å². The minimum atomic E-state index is -0.207. The van der Waals surface area contributed by atoms with Gasteiger partial charge >= 0.3 is 0 Å². The van der Waals surface area contributed by atoms with Gasteiger partial charge in [0, 0.05) is 20.8 Å². The van der Waals surface area contributed by atoms with Crippen LogP contribution in [0.1, 0.15) is 15.2 Å². The van der Waals surface area contributed by atoms with Crippen molar-refractivity contribution in [2.24, 2.45) is 0 Å². The Hall–Kier alpha value is -1.55. The van der Waals surface area contributed by atoms with Crippen molar-refractivity contribution in [3.63, 3.8) is 0 Å². The van der Waals surface area contributed by atoms with Gasteiger partial charge in [0.25, 0.3) is 5.91 Å². The molecule has 106 valence electrons. The van der Waals surface area contributed by atoms with Crippen molar-refractivity contribution in [3.8, 4) is 0 Å². The number of anilines is 1. The molecule has 0 unspecified atom stereocenters. The van der Waals surface area contributed by atoms with Gasteiger partial charge in [-0.15, -0.1) is 11.3 Å². The van der Waals surface area contributed by atoms with Gasteiger partial charge in [0.15, 0.2) is 0 Å². The number of carbonyl (C=O) groups is 1. The Bertz CT molecular complexity index is 824. The number of carbonyl (C=O) groups excluding carboxylic acids is 1. The molecule has 0 saturated heterocycles. The fraction of sp³-hybridized carbons (Fsp3) is 0.0625. The highest BCUT2D eigenvalue weighted by molar-refractivity contribution is 7.21. The third-order valence-corrected chi connectivity index (χ3v) is 5.00. The lowest BCUT2D eigenvalue weighted by molar-refractivity contribution is 0.103. The zero-order chi connectivity index (χ0) is 15.0. The maximum Gasteiger partial charge on any atom is 0.267 e. The van der Waals surface area contributed by atoms with E-state index in [1.807, 2.05) is 25.1 Å². The largest absolute Gasteiger partial charge is 0.321 e. The molecule has 0 radical (unpaired) electrons. The molecular weight excluding hydrogens is 325 g/mol. The minimum Gasteiger partial charge on any atom is -0.321 e. The molecule has 0 aliphatic rings. The van der Waals surface area contributed by atoms with E-state index in [0.717, 1.165) is 15.6 Å². The number of thiophene rings is 1. The average Bonchev–Trinajstić information content (AvgIpc) is 2.78. The predicted molar refractivity (Wildman–Crippen MR) is 91.0 cm³/mol. The lowest BCUT2D eigenvalue weighted by Crippen LogP contribution is -2.10. The van der Waals surface area contributed by atoms with Crippen LogP contribution in [0.3, 0.4) is 0 Å². The fourth-order valence-electron chi connectivity index (χ4n) is 2.04. The minimum absolute atomic E-state index is 0.207. The molecule has 2 aromatic carbocycles. The van der Waals surface area contributed by atoms with E-state index in [2.05, 4.69) is 5.32 Å². The molecule has 0 atom stereocenters. The van der Waals surface area contributed by atoms with E-state index in [0.29, 0.717) is 20.6 Å². The lowest BCUT2D eigenvalue weighted by atomic mass is 10.2. The van der Waals surface area contributed by atoms with Gasteiger partial charge in [-0.25, -0.2) is 0 Å². The normalized spacial score (nSPS) is 10.8. The molecule has 0 saturated carbocycles. The average molecular weight is 336 g/mol. The number of nitrogens with one attached hydrogen (secondary N) is 1. The molecule has 1 N–H and O–H groups in total. The number of fused-ring (bicyclic) bond motifs is 1. The number of rotatable bonds is 2. The second-order valence-corrected chi connectivity index (χ2v) is 6.57. The molecular formula is C16H11Cl2NOS. The van der Waals surface area contributed by atoms with E-state index < -0.39 is 0 Å². The topological polar surface area (TPSA) is 29.1 Å². The van der Waals surface area contributed by atoms with Gasteiger partial charge in [-0.05, 0) is 42.8 Å². The lowest BCUT2D eigenvalue weighted by Gasteiger charge is -2.03. The van der Waals surface area contributed by atoms with Gasteiger partial charge in [-0.1, -0.05) is 35.3 Å². The molecule has 3 rings (SSSR count). The Kier molecular flexibility index (Phi) is 3.89. The maximum absolute atomic E-state index is 12.4. The molecule has 1 amide bonds. The molecule has 5 heteroatoms. The quantitative estimate of drug-likeness (QED) is 0.632. The molecule has 3 aromatic rings. The van der Waals surface area contributed by atoms with Crippen molar-refractivity contribution in [2.75, 3.05) is 5.32 Å². The van der Waals surface area contributed by atoms with E-state index in [1.165, 1.54) is 11.3 Å². The van der Waals surface area contributed by atoms with Crippen molar-refractivity contribution in [1.29, 1.82) is 0 Å². The molecule has 0 spiro atoms. The summed E-state index contributed by atoms with van der Waals surface area (Å²) >= 11 is 13.5. The number of hydrogen-bond acceptors (Lipinski definition) is 2. The van der Waals surface area contributed by atoms with Crippen molar-refractivity contribution >= 4 is 56.2 Å². The number of hydrogen-bond donors (Lipinski definition) is 1. The predicted octanol–water partition coefficient (Wildman–Crippen LogP) is 5.77. The van der Waals surface area contributed by atoms with E-state index in [9.17, 15) is 4.79 Å². The molecule has 21 heavy (non-hydrogen) atoms. The molecule has 0 bridgehead atoms. The van der Waals surface area contributed by atoms with Crippen LogP contribution in [0, 0.1) is 6.92 Å². The first-order chi connectivity index (χ1) is 10.0. The van der Waals surface area contributed by atoms with Crippen molar-refractivity contribution < 1.29 is 4.79 Å². The zero-order valence-corrected chi connectivity index (χ0v) is 13.4. The highest BCUT2D eigenvalue weighted by atomic mass is 35.5. The zero-order valence-electron chi connectivity index (χ0n) is 11.1. The number of aryl methyl sites for hydroxylation is 1. The first-order valence-electron chi connectivity index (χ1n) is 6.30. The number of halogens is 2. The molecule has 1 aromatic heterocycles. The summed E-state index contributed by atoms with van der Waals surface area (Å²) in [7, 11) is 0. The van der Waals surface area contributed by atoms with Gasteiger partial charge in [0.1, 0.15) is 4.88 Å². The van der Waals surface area contributed by atoms with Crippen molar-refractivity contribution in [1.82, 2.24) is 0 Å². The summed E-state index contributed by atoms with van der Waals surface area (Å²) in [4.78, 5) is 12.9. The van der Waals surface area contributed by atoms with Crippen LogP contribution in [0.5, 0.6) is 0 Å². The standard InChI is InChI=1S/C16H11Cl2NOS/c1-9-2-7-12-13(8-9)21-15(14(12)18)16(20)19-11-5-3-10(17)4-6-11/h2-8H,1H3,(H,19,20).